The van der Waals surface area contributed by atoms with Gasteiger partial charge in [0.2, 0.25) is 5.82 Å². The molecule has 2 N–H and O–H groups in total. The second-order valence-electron chi connectivity index (χ2n) is 3.38. The molecule has 0 unspecified atom stereocenters. The fraction of sp³-hybridized carbons (Fsp3) is 0. The van der Waals surface area contributed by atoms with Gasteiger partial charge < -0.3 is 5.73 Å². The first-order valence-corrected chi connectivity index (χ1v) is 6.00. The van der Waals surface area contributed by atoms with E-state index < -0.39 is 0 Å². The van der Waals surface area contributed by atoms with Crippen LogP contribution in [-0.4, -0.2) is 24.1 Å². The Morgan fingerprint density at radius 2 is 2.18 bits per heavy atom. The average molecular weight is 261 g/mol. The number of nitrogens with zero attached hydrogens (tertiary/aromatic N) is 4. The Hall–Kier alpha value is -1.86. The summed E-state index contributed by atoms with van der Waals surface area (Å²) in [6.45, 7) is 0. The topological polar surface area (TPSA) is 69.6 Å². The summed E-state index contributed by atoms with van der Waals surface area (Å²) in [5.41, 5.74) is 6.42. The lowest BCUT2D eigenvalue weighted by molar-refractivity contribution is 0.897. The molecule has 0 bridgehead atoms. The van der Waals surface area contributed by atoms with Crippen LogP contribution in [0.25, 0.3) is 15.9 Å². The number of hydrogen-bond donors (Lipinski definition) is 1. The predicted molar refractivity (Wildman–Crippen MR) is 70.4 cm³/mol. The van der Waals surface area contributed by atoms with Gasteiger partial charge in [0.1, 0.15) is 16.3 Å². The molecule has 84 valence electrons. The van der Waals surface area contributed by atoms with Crippen LogP contribution < -0.4 is 5.73 Å². The smallest absolute Gasteiger partial charge is 0.208 e. The quantitative estimate of drug-likeness (QED) is 0.708. The molecule has 0 saturated carbocycles. The van der Waals surface area contributed by atoms with Gasteiger partial charge in [-0.05, 0) is 23.7 Å². The third-order valence-electron chi connectivity index (χ3n) is 2.29. The third kappa shape index (κ3) is 1.69. The van der Waals surface area contributed by atoms with Crippen molar-refractivity contribution in [3.63, 3.8) is 0 Å². The minimum Gasteiger partial charge on any atom is -0.387 e. The van der Waals surface area contributed by atoms with Gasteiger partial charge in [-0.25, -0.2) is 9.67 Å². The number of rotatable bonds is 2. The van der Waals surface area contributed by atoms with Crippen molar-refractivity contribution in [2.45, 2.75) is 0 Å². The Balaban J connectivity index is 2.17. The van der Waals surface area contributed by atoms with Gasteiger partial charge in [0.15, 0.2) is 0 Å². The van der Waals surface area contributed by atoms with Crippen LogP contribution in [0.2, 0.25) is 0 Å². The average Bonchev–Trinajstić information content (AvgIpc) is 2.95. The van der Waals surface area contributed by atoms with Crippen LogP contribution in [-0.2, 0) is 0 Å². The number of fused-ring (bicyclic) bond motifs is 1. The molecule has 0 saturated heterocycles. The van der Waals surface area contributed by atoms with Gasteiger partial charge in [0.05, 0.1) is 5.52 Å². The Kier molecular flexibility index (Phi) is 2.34. The second-order valence-corrected chi connectivity index (χ2v) is 4.57. The molecule has 2 aromatic heterocycles. The lowest BCUT2D eigenvalue weighted by Gasteiger charge is -1.95. The lowest BCUT2D eigenvalue weighted by Crippen LogP contribution is -2.11. The number of nitrogens with two attached hydrogens (primary N) is 1. The Morgan fingerprint density at radius 1 is 1.35 bits per heavy atom. The fourth-order valence-corrected chi connectivity index (χ4v) is 2.39. The van der Waals surface area contributed by atoms with E-state index >= 15 is 0 Å². The van der Waals surface area contributed by atoms with Crippen molar-refractivity contribution in [1.82, 2.24) is 19.1 Å². The van der Waals surface area contributed by atoms with Crippen LogP contribution >= 0.6 is 23.8 Å². The Bertz CT molecular complexity index is 699. The molecule has 0 aliphatic carbocycles. The molecule has 0 spiro atoms. The summed E-state index contributed by atoms with van der Waals surface area (Å²) in [5, 5.41) is 6.16. The van der Waals surface area contributed by atoms with Gasteiger partial charge in [-0.2, -0.15) is 4.37 Å². The molecule has 0 radical (unpaired) electrons. The zero-order valence-electron chi connectivity index (χ0n) is 8.57. The van der Waals surface area contributed by atoms with Crippen LogP contribution in [0, 0.1) is 0 Å². The summed E-state index contributed by atoms with van der Waals surface area (Å²) < 4.78 is 5.99. The Morgan fingerprint density at radius 3 is 2.94 bits per heavy atom. The van der Waals surface area contributed by atoms with Gasteiger partial charge in [0.25, 0.3) is 0 Å². The van der Waals surface area contributed by atoms with Crippen molar-refractivity contribution in [3.05, 3.63) is 36.4 Å². The lowest BCUT2D eigenvalue weighted by atomic mass is 10.2. The van der Waals surface area contributed by atoms with Gasteiger partial charge in [-0.1, -0.05) is 24.4 Å². The molecular weight excluding hydrogens is 254 g/mol. The molecule has 0 fully saturated rings. The summed E-state index contributed by atoms with van der Waals surface area (Å²) in [5.74, 6) is 0.373. The van der Waals surface area contributed by atoms with Crippen molar-refractivity contribution in [1.29, 1.82) is 0 Å². The summed E-state index contributed by atoms with van der Waals surface area (Å²) in [6.07, 6.45) is 1.59. The SMILES string of the molecule is NC(=S)c1ncn(-c2snc3ccccc23)n1. The number of thiocarbonyl (C=S) groups is 1. The molecule has 0 atom stereocenters. The van der Waals surface area contributed by atoms with E-state index in [-0.39, 0.29) is 4.99 Å². The van der Waals surface area contributed by atoms with E-state index in [9.17, 15) is 0 Å². The van der Waals surface area contributed by atoms with Crippen LogP contribution in [0.5, 0.6) is 0 Å². The summed E-state index contributed by atoms with van der Waals surface area (Å²) in [4.78, 5) is 4.24. The maximum absolute atomic E-state index is 5.47. The minimum atomic E-state index is 0.192. The summed E-state index contributed by atoms with van der Waals surface area (Å²) in [7, 11) is 0. The molecule has 7 heteroatoms. The van der Waals surface area contributed by atoms with Crippen LogP contribution in [0.4, 0.5) is 0 Å². The maximum Gasteiger partial charge on any atom is 0.208 e. The predicted octanol–water partition coefficient (Wildman–Crippen LogP) is 1.51. The first kappa shape index (κ1) is 10.3. The first-order chi connectivity index (χ1) is 8.25. The number of benzene rings is 1. The molecule has 0 aliphatic heterocycles. The highest BCUT2D eigenvalue weighted by molar-refractivity contribution is 7.80. The zero-order chi connectivity index (χ0) is 11.8. The molecule has 5 nitrogen and oxygen atoms in total. The van der Waals surface area contributed by atoms with E-state index in [4.69, 9.17) is 18.0 Å². The van der Waals surface area contributed by atoms with Crippen molar-refractivity contribution in [2.75, 3.05) is 0 Å². The molecule has 1 aromatic carbocycles. The third-order valence-corrected chi connectivity index (χ3v) is 3.34. The van der Waals surface area contributed by atoms with E-state index in [1.807, 2.05) is 24.3 Å². The number of aromatic nitrogens is 4. The van der Waals surface area contributed by atoms with Crippen molar-refractivity contribution >= 4 is 39.6 Å². The highest BCUT2D eigenvalue weighted by atomic mass is 32.1. The second kappa shape index (κ2) is 3.86. The molecule has 3 aromatic rings. The first-order valence-electron chi connectivity index (χ1n) is 4.82. The van der Waals surface area contributed by atoms with E-state index in [0.717, 1.165) is 15.9 Å². The van der Waals surface area contributed by atoms with Gasteiger partial charge in [-0.15, -0.1) is 5.10 Å². The zero-order valence-corrected chi connectivity index (χ0v) is 10.2. The van der Waals surface area contributed by atoms with Gasteiger partial charge >= 0.3 is 0 Å². The van der Waals surface area contributed by atoms with Crippen molar-refractivity contribution < 1.29 is 0 Å². The van der Waals surface area contributed by atoms with Crippen LogP contribution in [0.1, 0.15) is 5.82 Å². The monoisotopic (exact) mass is 261 g/mol. The van der Waals surface area contributed by atoms with Crippen LogP contribution in [0.15, 0.2) is 30.6 Å². The number of hydrogen-bond acceptors (Lipinski definition) is 5. The summed E-state index contributed by atoms with van der Waals surface area (Å²) >= 11 is 6.20. The minimum absolute atomic E-state index is 0.192. The molecule has 17 heavy (non-hydrogen) atoms. The van der Waals surface area contributed by atoms with Crippen LogP contribution in [0.3, 0.4) is 0 Å². The largest absolute Gasteiger partial charge is 0.387 e. The molecule has 2 heterocycles. The van der Waals surface area contributed by atoms with E-state index in [1.54, 1.807) is 11.0 Å². The standard InChI is InChI=1S/C10H7N5S2/c11-8(16)9-12-5-15(13-9)10-6-3-1-2-4-7(6)14-17-10/h1-5H,(H2,11,16). The summed E-state index contributed by atoms with van der Waals surface area (Å²) in [6, 6.07) is 7.87. The van der Waals surface area contributed by atoms with E-state index in [0.29, 0.717) is 5.82 Å². The molecule has 0 aliphatic rings. The highest BCUT2D eigenvalue weighted by Crippen LogP contribution is 2.24. The highest BCUT2D eigenvalue weighted by Gasteiger charge is 2.10. The molecular formula is C10H7N5S2. The Labute approximate surface area is 106 Å². The van der Waals surface area contributed by atoms with Crippen molar-refractivity contribution in [2.24, 2.45) is 5.73 Å². The van der Waals surface area contributed by atoms with Gasteiger partial charge in [-0.3, -0.25) is 0 Å². The molecule has 0 amide bonds. The normalized spacial score (nSPS) is 10.8. The van der Waals surface area contributed by atoms with Crippen molar-refractivity contribution in [3.8, 4) is 5.00 Å². The maximum atomic E-state index is 5.47. The van der Waals surface area contributed by atoms with E-state index in [1.165, 1.54) is 11.5 Å². The van der Waals surface area contributed by atoms with Gasteiger partial charge in [0, 0.05) is 5.39 Å². The fourth-order valence-electron chi connectivity index (χ4n) is 1.51. The molecule has 3 rings (SSSR count). The van der Waals surface area contributed by atoms with E-state index in [2.05, 4.69) is 14.5 Å².